The number of amides is 1. The van der Waals surface area contributed by atoms with Gasteiger partial charge in [0, 0.05) is 5.56 Å². The summed E-state index contributed by atoms with van der Waals surface area (Å²) in [5, 5.41) is 4.07. The van der Waals surface area contributed by atoms with Gasteiger partial charge in [-0.05, 0) is 24.8 Å². The summed E-state index contributed by atoms with van der Waals surface area (Å²) in [4.78, 5) is 17.1. The third-order valence-electron chi connectivity index (χ3n) is 4.51. The standard InChI is InChI=1S/C17H22N4O2/c1-2-12-5-7-13(8-6-12)17-19-15(23-20-17)11-21-9-3-4-14(10-21)16(18)22/h5-8,14H,2-4,9-11H2,1H3,(H2,18,22)/p+1/t14-/m1/s1. The maximum absolute atomic E-state index is 11.4. The fourth-order valence-electron chi connectivity index (χ4n) is 3.10. The van der Waals surface area contributed by atoms with Crippen molar-refractivity contribution in [3.8, 4) is 11.4 Å². The van der Waals surface area contributed by atoms with Crippen LogP contribution >= 0.6 is 0 Å². The van der Waals surface area contributed by atoms with Crippen molar-refractivity contribution in [1.29, 1.82) is 0 Å². The number of benzene rings is 1. The van der Waals surface area contributed by atoms with Gasteiger partial charge in [0.15, 0.2) is 6.54 Å². The summed E-state index contributed by atoms with van der Waals surface area (Å²) in [5.74, 6) is 0.984. The number of quaternary nitrogens is 1. The fraction of sp³-hybridized carbons (Fsp3) is 0.471. The molecule has 6 heteroatoms. The summed E-state index contributed by atoms with van der Waals surface area (Å²) in [5.41, 5.74) is 7.67. The quantitative estimate of drug-likeness (QED) is 0.845. The smallest absolute Gasteiger partial charge is 0.282 e. The first-order valence-electron chi connectivity index (χ1n) is 8.20. The van der Waals surface area contributed by atoms with Crippen LogP contribution in [0.5, 0.6) is 0 Å². The number of carbonyl (C=O) groups excluding carboxylic acids is 1. The van der Waals surface area contributed by atoms with Gasteiger partial charge in [-0.3, -0.25) is 4.79 Å². The number of primary amides is 1. The van der Waals surface area contributed by atoms with Crippen LogP contribution in [0.25, 0.3) is 11.4 Å². The molecule has 2 atom stereocenters. The van der Waals surface area contributed by atoms with E-state index in [9.17, 15) is 4.79 Å². The summed E-state index contributed by atoms with van der Waals surface area (Å²) in [7, 11) is 0. The molecule has 1 amide bonds. The molecule has 1 saturated heterocycles. The van der Waals surface area contributed by atoms with Crippen LogP contribution in [0.3, 0.4) is 0 Å². The van der Waals surface area contributed by atoms with E-state index in [0.717, 1.165) is 37.9 Å². The maximum atomic E-state index is 11.4. The van der Waals surface area contributed by atoms with E-state index in [1.165, 1.54) is 10.5 Å². The number of rotatable bonds is 5. The summed E-state index contributed by atoms with van der Waals surface area (Å²) in [6, 6.07) is 8.20. The lowest BCUT2D eigenvalue weighted by molar-refractivity contribution is -0.922. The van der Waals surface area contributed by atoms with Crippen LogP contribution in [0.1, 0.15) is 31.2 Å². The highest BCUT2D eigenvalue weighted by atomic mass is 16.5. The summed E-state index contributed by atoms with van der Waals surface area (Å²) in [6.45, 7) is 4.52. The molecule has 2 aromatic rings. The van der Waals surface area contributed by atoms with Gasteiger partial charge in [-0.15, -0.1) is 0 Å². The number of nitrogens with zero attached hydrogens (tertiary/aromatic N) is 2. The summed E-state index contributed by atoms with van der Waals surface area (Å²) < 4.78 is 5.38. The second-order valence-electron chi connectivity index (χ2n) is 6.18. The Bertz CT molecular complexity index is 665. The maximum Gasteiger partial charge on any atom is 0.282 e. The third-order valence-corrected chi connectivity index (χ3v) is 4.51. The van der Waals surface area contributed by atoms with Gasteiger partial charge in [-0.25, -0.2) is 0 Å². The van der Waals surface area contributed by atoms with Crippen molar-refractivity contribution in [2.45, 2.75) is 32.7 Å². The molecule has 3 rings (SSSR count). The number of carbonyl (C=O) groups is 1. The van der Waals surface area contributed by atoms with Gasteiger partial charge in [0.05, 0.1) is 19.0 Å². The number of aromatic nitrogens is 2. The molecule has 23 heavy (non-hydrogen) atoms. The minimum atomic E-state index is -0.204. The highest BCUT2D eigenvalue weighted by molar-refractivity contribution is 5.76. The molecule has 1 aromatic carbocycles. The molecule has 1 unspecified atom stereocenters. The van der Waals surface area contributed by atoms with Crippen LogP contribution < -0.4 is 10.6 Å². The van der Waals surface area contributed by atoms with E-state index in [1.54, 1.807) is 0 Å². The molecule has 6 nitrogen and oxygen atoms in total. The van der Waals surface area contributed by atoms with E-state index in [0.29, 0.717) is 18.3 Å². The van der Waals surface area contributed by atoms with Crippen molar-refractivity contribution in [2.24, 2.45) is 11.7 Å². The highest BCUT2D eigenvalue weighted by Crippen LogP contribution is 2.16. The number of nitrogens with one attached hydrogen (secondary N) is 1. The topological polar surface area (TPSA) is 86.5 Å². The van der Waals surface area contributed by atoms with E-state index in [4.69, 9.17) is 10.3 Å². The second-order valence-corrected chi connectivity index (χ2v) is 6.18. The Morgan fingerprint density at radius 1 is 1.39 bits per heavy atom. The lowest BCUT2D eigenvalue weighted by Crippen LogP contribution is -3.12. The summed E-state index contributed by atoms with van der Waals surface area (Å²) >= 11 is 0. The molecule has 0 aliphatic carbocycles. The second kappa shape index (κ2) is 6.91. The minimum Gasteiger partial charge on any atom is -0.369 e. The Kier molecular flexibility index (Phi) is 4.71. The van der Waals surface area contributed by atoms with Crippen LogP contribution in [0, 0.1) is 5.92 Å². The van der Waals surface area contributed by atoms with E-state index in [-0.39, 0.29) is 11.8 Å². The Balaban J connectivity index is 1.65. The van der Waals surface area contributed by atoms with Gasteiger partial charge in [-0.1, -0.05) is 36.3 Å². The zero-order valence-electron chi connectivity index (χ0n) is 13.4. The molecule has 0 radical (unpaired) electrons. The van der Waals surface area contributed by atoms with Gasteiger partial charge >= 0.3 is 0 Å². The van der Waals surface area contributed by atoms with Gasteiger partial charge in [0.25, 0.3) is 5.89 Å². The van der Waals surface area contributed by atoms with E-state index in [1.807, 2.05) is 12.1 Å². The average molecular weight is 315 g/mol. The van der Waals surface area contributed by atoms with Crippen LogP contribution in [0.4, 0.5) is 0 Å². The monoisotopic (exact) mass is 315 g/mol. The SMILES string of the molecule is CCc1ccc(-c2noc(C[NH+]3CCC[C@@H](C(N)=O)C3)n2)cc1. The van der Waals surface area contributed by atoms with Gasteiger partial charge in [-0.2, -0.15) is 4.98 Å². The predicted octanol–water partition coefficient (Wildman–Crippen LogP) is 0.579. The van der Waals surface area contributed by atoms with Crippen molar-refractivity contribution in [2.75, 3.05) is 13.1 Å². The Hall–Kier alpha value is -2.21. The number of piperidine rings is 1. The van der Waals surface area contributed by atoms with E-state index in [2.05, 4.69) is 29.2 Å². The van der Waals surface area contributed by atoms with E-state index < -0.39 is 0 Å². The van der Waals surface area contributed by atoms with Crippen LogP contribution in [-0.4, -0.2) is 29.1 Å². The van der Waals surface area contributed by atoms with Crippen molar-refractivity contribution in [3.63, 3.8) is 0 Å². The molecule has 1 aromatic heterocycles. The molecule has 0 saturated carbocycles. The molecule has 0 spiro atoms. The Labute approximate surface area is 135 Å². The average Bonchev–Trinajstić information content (AvgIpc) is 3.03. The predicted molar refractivity (Wildman–Crippen MR) is 85.4 cm³/mol. The van der Waals surface area contributed by atoms with Crippen LogP contribution in [0.2, 0.25) is 0 Å². The number of likely N-dealkylation sites (tertiary alicyclic amines) is 1. The molecule has 122 valence electrons. The van der Waals surface area contributed by atoms with Gasteiger partial charge in [0.1, 0.15) is 0 Å². The zero-order valence-corrected chi connectivity index (χ0v) is 13.4. The molecule has 1 fully saturated rings. The molecule has 1 aliphatic rings. The molecular formula is C17H23N4O2+. The molecule has 0 bridgehead atoms. The molecule has 2 heterocycles. The first-order valence-corrected chi connectivity index (χ1v) is 8.20. The first kappa shape index (κ1) is 15.7. The Morgan fingerprint density at radius 2 is 2.17 bits per heavy atom. The van der Waals surface area contributed by atoms with Gasteiger partial charge < -0.3 is 15.2 Å². The third kappa shape index (κ3) is 3.76. The number of nitrogens with two attached hydrogens (primary N) is 1. The van der Waals surface area contributed by atoms with Crippen molar-refractivity contribution in [3.05, 3.63) is 35.7 Å². The molecule has 1 aliphatic heterocycles. The number of aryl methyl sites for hydroxylation is 1. The fourth-order valence-corrected chi connectivity index (χ4v) is 3.10. The largest absolute Gasteiger partial charge is 0.369 e. The van der Waals surface area contributed by atoms with Crippen LogP contribution in [-0.2, 0) is 17.8 Å². The molecule has 3 N–H and O–H groups in total. The normalized spacial score (nSPS) is 21.3. The lowest BCUT2D eigenvalue weighted by Gasteiger charge is -2.26. The van der Waals surface area contributed by atoms with Crippen molar-refractivity contribution in [1.82, 2.24) is 10.1 Å². The van der Waals surface area contributed by atoms with Crippen LogP contribution in [0.15, 0.2) is 28.8 Å². The van der Waals surface area contributed by atoms with E-state index >= 15 is 0 Å². The van der Waals surface area contributed by atoms with Crippen molar-refractivity contribution >= 4 is 5.91 Å². The van der Waals surface area contributed by atoms with Gasteiger partial charge in [0.2, 0.25) is 11.7 Å². The minimum absolute atomic E-state index is 0.0391. The van der Waals surface area contributed by atoms with Crippen molar-refractivity contribution < 1.29 is 14.2 Å². The first-order chi connectivity index (χ1) is 11.2. The number of hydrogen-bond acceptors (Lipinski definition) is 4. The molecular weight excluding hydrogens is 292 g/mol. The Morgan fingerprint density at radius 3 is 2.87 bits per heavy atom. The summed E-state index contributed by atoms with van der Waals surface area (Å²) in [6.07, 6.45) is 2.90. The highest BCUT2D eigenvalue weighted by Gasteiger charge is 2.28. The lowest BCUT2D eigenvalue weighted by atomic mass is 9.97. The number of hydrogen-bond donors (Lipinski definition) is 2. The zero-order chi connectivity index (χ0) is 16.2.